The number of hydrogen-bond donors (Lipinski definition) is 0. The predicted molar refractivity (Wildman–Crippen MR) is 190 cm³/mol. The fourth-order valence-electron chi connectivity index (χ4n) is 7.27. The molecule has 0 atom stereocenters. The average molecular weight is 572 g/mol. The molecular weight excluding hydrogens is 530 g/mol. The minimum Gasteiger partial charge on any atom is -0.310 e. The molecule has 0 radical (unpaired) electrons. The summed E-state index contributed by atoms with van der Waals surface area (Å²) in [7, 11) is 0. The highest BCUT2D eigenvalue weighted by Crippen LogP contribution is 2.54. The molecule has 0 spiro atoms. The lowest BCUT2D eigenvalue weighted by Crippen LogP contribution is -2.17. The van der Waals surface area contributed by atoms with Crippen molar-refractivity contribution in [1.29, 1.82) is 0 Å². The summed E-state index contributed by atoms with van der Waals surface area (Å²) in [5, 5.41) is 2.58. The van der Waals surface area contributed by atoms with E-state index in [1.807, 2.05) is 0 Å². The van der Waals surface area contributed by atoms with Crippen LogP contribution in [0.15, 0.2) is 121 Å². The van der Waals surface area contributed by atoms with Gasteiger partial charge in [0, 0.05) is 22.2 Å². The molecule has 0 N–H and O–H groups in total. The number of hydrogen-bond acceptors (Lipinski definition) is 1. The molecule has 0 aromatic heterocycles. The van der Waals surface area contributed by atoms with Crippen LogP contribution >= 0.6 is 0 Å². The molecular formula is C43H41N. The molecule has 0 saturated carbocycles. The van der Waals surface area contributed by atoms with Crippen molar-refractivity contribution in [2.45, 2.75) is 59.3 Å². The fourth-order valence-corrected chi connectivity index (χ4v) is 7.27. The molecule has 0 heterocycles. The van der Waals surface area contributed by atoms with Gasteiger partial charge in [-0.2, -0.15) is 0 Å². The SMILES string of the molecule is CCCCc1ccccc1-c1cc(N(c2ccccc2)c2cc3c(c4ccccc24)-c2ccc(C)cc2C3(C)C)ccc1C. The first kappa shape index (κ1) is 28.2. The van der Waals surface area contributed by atoms with Gasteiger partial charge in [-0.05, 0) is 107 Å². The third-order valence-electron chi connectivity index (χ3n) is 9.66. The van der Waals surface area contributed by atoms with E-state index in [9.17, 15) is 0 Å². The van der Waals surface area contributed by atoms with Crippen molar-refractivity contribution in [2.24, 2.45) is 0 Å². The molecule has 0 fully saturated rings. The van der Waals surface area contributed by atoms with Crippen molar-refractivity contribution >= 4 is 27.8 Å². The van der Waals surface area contributed by atoms with E-state index in [-0.39, 0.29) is 5.41 Å². The lowest BCUT2D eigenvalue weighted by Gasteiger charge is -2.30. The van der Waals surface area contributed by atoms with Crippen LogP contribution in [-0.4, -0.2) is 0 Å². The monoisotopic (exact) mass is 571 g/mol. The predicted octanol–water partition coefficient (Wildman–Crippen LogP) is 12.2. The number of benzene rings is 6. The van der Waals surface area contributed by atoms with E-state index >= 15 is 0 Å². The first-order valence-corrected chi connectivity index (χ1v) is 16.1. The molecule has 44 heavy (non-hydrogen) atoms. The molecule has 6 aromatic rings. The highest BCUT2D eigenvalue weighted by atomic mass is 15.1. The van der Waals surface area contributed by atoms with Gasteiger partial charge in [0.25, 0.3) is 0 Å². The summed E-state index contributed by atoms with van der Waals surface area (Å²) >= 11 is 0. The molecule has 1 heteroatoms. The highest BCUT2D eigenvalue weighted by Gasteiger charge is 2.38. The largest absolute Gasteiger partial charge is 0.310 e. The summed E-state index contributed by atoms with van der Waals surface area (Å²) < 4.78 is 0. The Bertz CT molecular complexity index is 2000. The lowest BCUT2D eigenvalue weighted by atomic mass is 9.81. The Morgan fingerprint density at radius 2 is 1.32 bits per heavy atom. The van der Waals surface area contributed by atoms with Crippen LogP contribution in [0.2, 0.25) is 0 Å². The van der Waals surface area contributed by atoms with E-state index < -0.39 is 0 Å². The van der Waals surface area contributed by atoms with Crippen molar-refractivity contribution < 1.29 is 0 Å². The van der Waals surface area contributed by atoms with Crippen LogP contribution in [-0.2, 0) is 11.8 Å². The number of para-hydroxylation sites is 1. The maximum Gasteiger partial charge on any atom is 0.0543 e. The second-order valence-corrected chi connectivity index (χ2v) is 13.0. The molecule has 0 aliphatic heterocycles. The van der Waals surface area contributed by atoms with Crippen molar-refractivity contribution in [1.82, 2.24) is 0 Å². The summed E-state index contributed by atoms with van der Waals surface area (Å²) in [6.45, 7) is 11.5. The number of unbranched alkanes of at least 4 members (excludes halogenated alkanes) is 1. The summed E-state index contributed by atoms with van der Waals surface area (Å²) in [6.07, 6.45) is 3.49. The number of anilines is 3. The van der Waals surface area contributed by atoms with E-state index in [1.165, 1.54) is 85.1 Å². The molecule has 0 unspecified atom stereocenters. The molecule has 1 aliphatic rings. The Balaban J connectivity index is 1.49. The Morgan fingerprint density at radius 3 is 2.11 bits per heavy atom. The maximum absolute atomic E-state index is 2.48. The second kappa shape index (κ2) is 11.1. The Morgan fingerprint density at radius 1 is 0.591 bits per heavy atom. The fraction of sp³-hybridized carbons (Fsp3) is 0.209. The molecule has 0 bridgehead atoms. The standard InChI is InChI=1S/C43H41N/c1-6-7-15-31-16-11-12-19-34(31)38-27-33(24-23-30(38)3)44(32-17-9-8-10-18-32)41-28-40-42(36-21-14-13-20-35(36)41)37-25-22-29(2)26-39(37)43(40,4)5/h8-14,16-28H,6-7,15H2,1-5H3. The van der Waals surface area contributed by atoms with E-state index in [1.54, 1.807) is 0 Å². The number of nitrogens with zero attached hydrogens (tertiary/aromatic N) is 1. The lowest BCUT2D eigenvalue weighted by molar-refractivity contribution is 0.660. The van der Waals surface area contributed by atoms with Crippen LogP contribution in [0.25, 0.3) is 33.0 Å². The minimum absolute atomic E-state index is 0.103. The normalized spacial score (nSPS) is 13.1. The summed E-state index contributed by atoms with van der Waals surface area (Å²) in [5.41, 5.74) is 15.7. The molecule has 218 valence electrons. The highest BCUT2D eigenvalue weighted by molar-refractivity contribution is 6.10. The van der Waals surface area contributed by atoms with Crippen LogP contribution in [0.1, 0.15) is 61.4 Å². The van der Waals surface area contributed by atoms with Crippen LogP contribution in [0.4, 0.5) is 17.1 Å². The van der Waals surface area contributed by atoms with Gasteiger partial charge in [0.15, 0.2) is 0 Å². The quantitative estimate of drug-likeness (QED) is 0.184. The van der Waals surface area contributed by atoms with Gasteiger partial charge >= 0.3 is 0 Å². The topological polar surface area (TPSA) is 3.24 Å². The van der Waals surface area contributed by atoms with Gasteiger partial charge in [0.05, 0.1) is 5.69 Å². The zero-order valence-electron chi connectivity index (χ0n) is 26.6. The zero-order valence-corrected chi connectivity index (χ0v) is 26.6. The van der Waals surface area contributed by atoms with Gasteiger partial charge in [-0.1, -0.05) is 124 Å². The van der Waals surface area contributed by atoms with E-state index in [0.29, 0.717) is 0 Å². The summed E-state index contributed by atoms with van der Waals surface area (Å²) in [4.78, 5) is 2.48. The van der Waals surface area contributed by atoms with Crippen molar-refractivity contribution in [3.8, 4) is 22.3 Å². The molecule has 7 rings (SSSR count). The van der Waals surface area contributed by atoms with Gasteiger partial charge in [-0.25, -0.2) is 0 Å². The minimum atomic E-state index is -0.103. The van der Waals surface area contributed by atoms with Crippen LogP contribution in [0.5, 0.6) is 0 Å². The van der Waals surface area contributed by atoms with Gasteiger partial charge in [0.1, 0.15) is 0 Å². The number of aryl methyl sites for hydroxylation is 3. The Hall–Kier alpha value is -4.62. The van der Waals surface area contributed by atoms with Gasteiger partial charge in [-0.15, -0.1) is 0 Å². The van der Waals surface area contributed by atoms with Crippen LogP contribution in [0, 0.1) is 13.8 Å². The van der Waals surface area contributed by atoms with Crippen molar-refractivity contribution in [2.75, 3.05) is 4.90 Å². The van der Waals surface area contributed by atoms with E-state index in [2.05, 4.69) is 161 Å². The van der Waals surface area contributed by atoms with Crippen LogP contribution in [0.3, 0.4) is 0 Å². The molecule has 1 nitrogen and oxygen atoms in total. The maximum atomic E-state index is 2.48. The van der Waals surface area contributed by atoms with Gasteiger partial charge in [-0.3, -0.25) is 0 Å². The Kier molecular flexibility index (Phi) is 7.13. The number of fused-ring (bicyclic) bond motifs is 5. The average Bonchev–Trinajstić information content (AvgIpc) is 3.27. The van der Waals surface area contributed by atoms with E-state index in [4.69, 9.17) is 0 Å². The third kappa shape index (κ3) is 4.63. The van der Waals surface area contributed by atoms with Crippen LogP contribution < -0.4 is 4.90 Å². The van der Waals surface area contributed by atoms with Gasteiger partial charge in [0.2, 0.25) is 0 Å². The second-order valence-electron chi connectivity index (χ2n) is 13.0. The molecule has 6 aromatic carbocycles. The summed E-state index contributed by atoms with van der Waals surface area (Å²) in [5.74, 6) is 0. The zero-order chi connectivity index (χ0) is 30.4. The smallest absolute Gasteiger partial charge is 0.0543 e. The summed E-state index contributed by atoms with van der Waals surface area (Å²) in [6, 6.07) is 45.3. The Labute approximate surface area is 262 Å². The first-order valence-electron chi connectivity index (χ1n) is 16.1. The van der Waals surface area contributed by atoms with Crippen molar-refractivity contribution in [3.05, 3.63) is 149 Å². The van der Waals surface area contributed by atoms with Crippen molar-refractivity contribution in [3.63, 3.8) is 0 Å². The molecule has 0 amide bonds. The first-order chi connectivity index (χ1) is 21.4. The van der Waals surface area contributed by atoms with E-state index in [0.717, 1.165) is 12.1 Å². The molecule has 0 saturated heterocycles. The van der Waals surface area contributed by atoms with Gasteiger partial charge < -0.3 is 4.90 Å². The molecule has 1 aliphatic carbocycles. The third-order valence-corrected chi connectivity index (χ3v) is 9.66. The number of rotatable bonds is 7.